The van der Waals surface area contributed by atoms with Crippen molar-refractivity contribution < 1.29 is 19.5 Å². The van der Waals surface area contributed by atoms with Crippen molar-refractivity contribution in [3.63, 3.8) is 0 Å². The average Bonchev–Trinajstić information content (AvgIpc) is 2.81. The molecule has 33 heavy (non-hydrogen) atoms. The van der Waals surface area contributed by atoms with E-state index in [9.17, 15) is 19.5 Å². The van der Waals surface area contributed by atoms with Crippen molar-refractivity contribution in [1.82, 2.24) is 4.98 Å². The Bertz CT molecular complexity index is 1190. The van der Waals surface area contributed by atoms with Gasteiger partial charge in [0.25, 0.3) is 0 Å². The van der Waals surface area contributed by atoms with Crippen LogP contribution in [0.15, 0.2) is 66.9 Å². The van der Waals surface area contributed by atoms with E-state index in [4.69, 9.17) is 0 Å². The van der Waals surface area contributed by atoms with Crippen molar-refractivity contribution in [1.29, 1.82) is 0 Å². The van der Waals surface area contributed by atoms with Gasteiger partial charge in [-0.2, -0.15) is 0 Å². The minimum Gasteiger partial charge on any atom is -0.481 e. The predicted molar refractivity (Wildman–Crippen MR) is 126 cm³/mol. The van der Waals surface area contributed by atoms with Gasteiger partial charge >= 0.3 is 12.0 Å². The molecule has 2 aromatic carbocycles. The number of benzene rings is 2. The molecule has 0 saturated carbocycles. The molecule has 3 aromatic rings. The third kappa shape index (κ3) is 4.77. The number of aliphatic carboxylic acids is 1. The number of carboxylic acids is 1. The van der Waals surface area contributed by atoms with Crippen LogP contribution in [0.3, 0.4) is 0 Å². The van der Waals surface area contributed by atoms with Gasteiger partial charge in [-0.1, -0.05) is 37.3 Å². The highest BCUT2D eigenvalue weighted by molar-refractivity contribution is 6.04. The second kappa shape index (κ2) is 9.24. The number of fused-ring (bicyclic) bond motifs is 1. The van der Waals surface area contributed by atoms with E-state index in [-0.39, 0.29) is 18.2 Å². The fraction of sp³-hybridized carbons (Fsp3) is 0.231. The van der Waals surface area contributed by atoms with E-state index in [1.54, 1.807) is 30.5 Å². The van der Waals surface area contributed by atoms with E-state index in [1.807, 2.05) is 43.3 Å². The summed E-state index contributed by atoms with van der Waals surface area (Å²) in [6, 6.07) is 17.9. The molecule has 168 valence electrons. The third-order valence-corrected chi connectivity index (χ3v) is 6.22. The van der Waals surface area contributed by atoms with Gasteiger partial charge in [-0.3, -0.25) is 14.6 Å². The number of nitrogens with one attached hydrogen (secondary N) is 2. The minimum atomic E-state index is -0.944. The van der Waals surface area contributed by atoms with Crippen LogP contribution >= 0.6 is 0 Å². The number of pyridine rings is 1. The van der Waals surface area contributed by atoms with E-state index >= 15 is 0 Å². The molecule has 7 nitrogen and oxygen atoms in total. The van der Waals surface area contributed by atoms with Gasteiger partial charge in [0.05, 0.1) is 24.0 Å². The number of urea groups is 1. The molecule has 0 fully saturated rings. The lowest BCUT2D eigenvalue weighted by atomic mass is 9.67. The Balaban J connectivity index is 1.48. The van der Waals surface area contributed by atoms with Gasteiger partial charge in [-0.05, 0) is 55.2 Å². The van der Waals surface area contributed by atoms with Crippen LogP contribution < -0.4 is 10.6 Å². The van der Waals surface area contributed by atoms with Crippen molar-refractivity contribution >= 4 is 29.2 Å². The first kappa shape index (κ1) is 22.2. The van der Waals surface area contributed by atoms with Crippen LogP contribution in [0, 0.1) is 5.41 Å². The molecule has 0 spiro atoms. The lowest BCUT2D eigenvalue weighted by Crippen LogP contribution is -2.37. The average molecular weight is 444 g/mol. The van der Waals surface area contributed by atoms with Crippen LogP contribution in [-0.4, -0.2) is 27.9 Å². The number of carbonyl (C=O) groups is 3. The number of carboxylic acid groups (broad SMARTS) is 1. The van der Waals surface area contributed by atoms with Crippen LogP contribution in [0.4, 0.5) is 16.2 Å². The number of rotatable bonds is 6. The molecule has 4 rings (SSSR count). The highest BCUT2D eigenvalue weighted by Gasteiger charge is 2.42. The van der Waals surface area contributed by atoms with Crippen molar-refractivity contribution in [2.45, 2.75) is 32.6 Å². The zero-order chi connectivity index (χ0) is 23.4. The first-order chi connectivity index (χ1) is 15.9. The van der Waals surface area contributed by atoms with E-state index < -0.39 is 11.4 Å². The number of aromatic nitrogens is 1. The number of carbonyl (C=O) groups excluding carboxylic acids is 2. The zero-order valence-electron chi connectivity index (χ0n) is 18.3. The smallest absolute Gasteiger partial charge is 0.323 e. The summed E-state index contributed by atoms with van der Waals surface area (Å²) >= 11 is 0. The number of anilines is 2. The summed E-state index contributed by atoms with van der Waals surface area (Å²) in [4.78, 5) is 41.0. The molecule has 1 aliphatic carbocycles. The number of hydrogen-bond donors (Lipinski definition) is 3. The number of nitrogens with zero attached hydrogens (tertiary/aromatic N) is 1. The number of para-hydroxylation sites is 1. The molecule has 2 amide bonds. The minimum absolute atomic E-state index is 0.0860. The molecule has 1 atom stereocenters. The van der Waals surface area contributed by atoms with Crippen LogP contribution in [0.2, 0.25) is 0 Å². The Morgan fingerprint density at radius 1 is 1.03 bits per heavy atom. The number of hydrogen-bond acceptors (Lipinski definition) is 4. The Kier molecular flexibility index (Phi) is 6.22. The molecular formula is C26H25N3O4. The summed E-state index contributed by atoms with van der Waals surface area (Å²) in [6.07, 6.45) is 3.12. The van der Waals surface area contributed by atoms with Crippen molar-refractivity contribution in [2.24, 2.45) is 5.41 Å². The van der Waals surface area contributed by atoms with Crippen molar-refractivity contribution in [3.8, 4) is 11.3 Å². The van der Waals surface area contributed by atoms with Crippen LogP contribution in [0.1, 0.15) is 42.1 Å². The molecule has 1 aliphatic rings. The van der Waals surface area contributed by atoms with Crippen LogP contribution in [-0.2, 0) is 11.2 Å². The fourth-order valence-electron chi connectivity index (χ4n) is 4.33. The molecule has 1 aromatic heterocycles. The molecule has 1 unspecified atom stereocenters. The summed E-state index contributed by atoms with van der Waals surface area (Å²) in [5.74, 6) is -1.03. The van der Waals surface area contributed by atoms with Gasteiger partial charge in [0.2, 0.25) is 0 Å². The van der Waals surface area contributed by atoms with Gasteiger partial charge in [0.15, 0.2) is 5.78 Å². The molecular weight excluding hydrogens is 418 g/mol. The SMILES string of the molecule is CCC1(CC(=O)O)CCc2cc(-c3ccc(NC(=O)Nc4ccccc4)cn3)ccc2C1=O. The van der Waals surface area contributed by atoms with Gasteiger partial charge in [-0.25, -0.2) is 4.79 Å². The van der Waals surface area contributed by atoms with Gasteiger partial charge in [0.1, 0.15) is 0 Å². The highest BCUT2D eigenvalue weighted by atomic mass is 16.4. The van der Waals surface area contributed by atoms with E-state index in [0.717, 1.165) is 16.8 Å². The van der Waals surface area contributed by atoms with Gasteiger partial charge in [-0.15, -0.1) is 0 Å². The molecule has 1 heterocycles. The molecule has 0 saturated heterocycles. The topological polar surface area (TPSA) is 108 Å². The number of aryl methyl sites for hydroxylation is 1. The molecule has 0 radical (unpaired) electrons. The first-order valence-corrected chi connectivity index (χ1v) is 10.9. The maximum Gasteiger partial charge on any atom is 0.323 e. The van der Waals surface area contributed by atoms with E-state index in [2.05, 4.69) is 15.6 Å². The zero-order valence-corrected chi connectivity index (χ0v) is 18.3. The number of Topliss-reactive ketones (excluding diaryl/α,β-unsaturated/α-hetero) is 1. The molecule has 0 aliphatic heterocycles. The summed E-state index contributed by atoms with van der Waals surface area (Å²) in [5, 5.41) is 14.8. The lowest BCUT2D eigenvalue weighted by Gasteiger charge is -2.34. The van der Waals surface area contributed by atoms with Crippen LogP contribution in [0.5, 0.6) is 0 Å². The third-order valence-electron chi connectivity index (χ3n) is 6.22. The first-order valence-electron chi connectivity index (χ1n) is 10.9. The Morgan fingerprint density at radius 2 is 1.79 bits per heavy atom. The summed E-state index contributed by atoms with van der Waals surface area (Å²) < 4.78 is 0. The van der Waals surface area contributed by atoms with E-state index in [0.29, 0.717) is 36.2 Å². The molecule has 3 N–H and O–H groups in total. The predicted octanol–water partition coefficient (Wildman–Crippen LogP) is 5.39. The Labute approximate surface area is 191 Å². The van der Waals surface area contributed by atoms with Crippen molar-refractivity contribution in [2.75, 3.05) is 10.6 Å². The molecule has 7 heteroatoms. The monoisotopic (exact) mass is 443 g/mol. The summed E-state index contributed by atoms with van der Waals surface area (Å²) in [5.41, 5.74) is 3.52. The van der Waals surface area contributed by atoms with Crippen molar-refractivity contribution in [3.05, 3.63) is 78.0 Å². The summed E-state index contributed by atoms with van der Waals surface area (Å²) in [6.45, 7) is 1.87. The van der Waals surface area contributed by atoms with Gasteiger partial charge in [0, 0.05) is 22.2 Å². The highest BCUT2D eigenvalue weighted by Crippen LogP contribution is 2.42. The second-order valence-corrected chi connectivity index (χ2v) is 8.28. The number of ketones is 1. The largest absolute Gasteiger partial charge is 0.481 e. The number of amides is 2. The lowest BCUT2D eigenvalue weighted by molar-refractivity contribution is -0.139. The van der Waals surface area contributed by atoms with Gasteiger partial charge < -0.3 is 15.7 Å². The maximum atomic E-state index is 13.1. The summed E-state index contributed by atoms with van der Waals surface area (Å²) in [7, 11) is 0. The Morgan fingerprint density at radius 3 is 2.45 bits per heavy atom. The van der Waals surface area contributed by atoms with Crippen LogP contribution in [0.25, 0.3) is 11.3 Å². The quantitative estimate of drug-likeness (QED) is 0.473. The Hall–Kier alpha value is -4.00. The standard InChI is InChI=1S/C26H25N3O4/c1-2-26(15-23(30)31)13-12-17-14-18(8-10-21(17)24(26)32)22-11-9-20(16-27-22)29-25(33)28-19-6-4-3-5-7-19/h3-11,14,16H,2,12-13,15H2,1H3,(H,30,31)(H2,28,29,33). The maximum absolute atomic E-state index is 13.1. The normalized spacial score (nSPS) is 17.2. The second-order valence-electron chi connectivity index (χ2n) is 8.28. The van der Waals surface area contributed by atoms with E-state index in [1.165, 1.54) is 0 Å². The fourth-order valence-corrected chi connectivity index (χ4v) is 4.33. The molecule has 0 bridgehead atoms.